The van der Waals surface area contributed by atoms with Crippen LogP contribution in [-0.4, -0.2) is 10.5 Å². The van der Waals surface area contributed by atoms with Crippen LogP contribution in [0.2, 0.25) is 0 Å². The molecule has 1 rings (SSSR count). The Hall–Kier alpha value is -0.763. The van der Waals surface area contributed by atoms with Crippen LogP contribution in [0.3, 0.4) is 0 Å². The van der Waals surface area contributed by atoms with E-state index >= 15 is 0 Å². The van der Waals surface area contributed by atoms with Crippen molar-refractivity contribution in [2.24, 2.45) is 0 Å². The fourth-order valence-electron chi connectivity index (χ4n) is 1.48. The van der Waals surface area contributed by atoms with Gasteiger partial charge in [0.05, 0.1) is 0 Å². The Kier molecular flexibility index (Phi) is 2.92. The Balaban J connectivity index is 3.20. The second-order valence-corrected chi connectivity index (χ2v) is 3.45. The summed E-state index contributed by atoms with van der Waals surface area (Å²) in [4.78, 5) is 0. The van der Waals surface area contributed by atoms with Crippen LogP contribution in [0.4, 0.5) is 0 Å². The lowest BCUT2D eigenvalue weighted by atomic mass is 9.97. The molecule has 0 atom stereocenters. The van der Waals surface area contributed by atoms with Gasteiger partial charge >= 0.3 is 10.5 Å². The van der Waals surface area contributed by atoms with Crippen molar-refractivity contribution in [3.63, 3.8) is 0 Å². The van der Waals surface area contributed by atoms with Crippen LogP contribution in [0.1, 0.15) is 30.9 Å². The normalized spacial score (nSPS) is 10.4. The molecule has 0 aliphatic heterocycles. The summed E-state index contributed by atoms with van der Waals surface area (Å²) >= 11 is 0. The predicted octanol–water partition coefficient (Wildman–Crippen LogP) is 2.58. The van der Waals surface area contributed by atoms with E-state index in [-0.39, 0.29) is 0 Å². The smallest absolute Gasteiger partial charge is 0.341 e. The average Bonchev–Trinajstić information content (AvgIpc) is 2.03. The fraction of sp³-hybridized carbons (Fsp3) is 0.400. The van der Waals surface area contributed by atoms with Crippen molar-refractivity contribution in [1.29, 1.82) is 0 Å². The highest BCUT2D eigenvalue weighted by Gasteiger charge is 2.08. The van der Waals surface area contributed by atoms with E-state index in [1.165, 1.54) is 11.1 Å². The van der Waals surface area contributed by atoms with E-state index in [1.807, 2.05) is 12.1 Å². The summed E-state index contributed by atoms with van der Waals surface area (Å²) in [6.45, 7) is 6.43. The zero-order valence-electron chi connectivity index (χ0n) is 7.72. The minimum absolute atomic E-state index is 0.498. The average molecular weight is 177 g/mol. The zero-order chi connectivity index (χ0) is 9.14. The zero-order valence-corrected chi connectivity index (χ0v) is 8.72. The molecule has 0 unspecified atom stereocenters. The number of aryl methyl sites for hydroxylation is 1. The van der Waals surface area contributed by atoms with Crippen molar-refractivity contribution in [1.82, 2.24) is 0 Å². The standard InChI is InChI=1S/C10H13OSi/c1-7(2)10-8(3)5-4-6-9(10)11-12/h4-7H,1-3H3. The Bertz CT molecular complexity index is 269. The highest BCUT2D eigenvalue weighted by Crippen LogP contribution is 2.28. The molecule has 1 nitrogen and oxygen atoms in total. The van der Waals surface area contributed by atoms with E-state index in [0.29, 0.717) is 5.92 Å². The molecule has 0 aliphatic rings. The SMILES string of the molecule is Cc1cccc(O[Si])c1C(C)C. The lowest BCUT2D eigenvalue weighted by Crippen LogP contribution is -1.97. The molecular formula is C10H13OSi. The van der Waals surface area contributed by atoms with Crippen LogP contribution in [0, 0.1) is 6.92 Å². The van der Waals surface area contributed by atoms with Crippen molar-refractivity contribution in [2.45, 2.75) is 26.7 Å². The van der Waals surface area contributed by atoms with E-state index in [4.69, 9.17) is 4.43 Å². The van der Waals surface area contributed by atoms with Gasteiger partial charge in [-0.05, 0) is 30.0 Å². The number of benzene rings is 1. The highest BCUT2D eigenvalue weighted by atomic mass is 28.2. The van der Waals surface area contributed by atoms with E-state index in [1.54, 1.807) is 0 Å². The second-order valence-electron chi connectivity index (χ2n) is 3.24. The predicted molar refractivity (Wildman–Crippen MR) is 51.7 cm³/mol. The first-order valence-electron chi connectivity index (χ1n) is 4.10. The van der Waals surface area contributed by atoms with Gasteiger partial charge in [-0.25, -0.2) is 0 Å². The van der Waals surface area contributed by atoms with Gasteiger partial charge in [-0.2, -0.15) is 0 Å². The maximum absolute atomic E-state index is 5.09. The van der Waals surface area contributed by atoms with Crippen LogP contribution in [0.5, 0.6) is 5.75 Å². The first-order valence-corrected chi connectivity index (χ1v) is 4.50. The third kappa shape index (κ3) is 1.69. The van der Waals surface area contributed by atoms with Crippen molar-refractivity contribution >= 4 is 10.5 Å². The second kappa shape index (κ2) is 3.76. The molecule has 0 fully saturated rings. The summed E-state index contributed by atoms with van der Waals surface area (Å²) in [7, 11) is 3.06. The lowest BCUT2D eigenvalue weighted by Gasteiger charge is -2.14. The molecule has 0 N–H and O–H groups in total. The van der Waals surface area contributed by atoms with Crippen LogP contribution in [0.15, 0.2) is 18.2 Å². The summed E-state index contributed by atoms with van der Waals surface area (Å²) in [5.41, 5.74) is 2.55. The van der Waals surface area contributed by atoms with E-state index in [9.17, 15) is 0 Å². The minimum atomic E-state index is 0.498. The third-order valence-corrected chi connectivity index (χ3v) is 2.19. The van der Waals surface area contributed by atoms with Gasteiger partial charge in [0.25, 0.3) is 0 Å². The summed E-state index contributed by atoms with van der Waals surface area (Å²) in [5, 5.41) is 0. The minimum Gasteiger partial charge on any atom is -0.540 e. The highest BCUT2D eigenvalue weighted by molar-refractivity contribution is 6.00. The quantitative estimate of drug-likeness (QED) is 0.631. The molecule has 3 radical (unpaired) electrons. The molecular weight excluding hydrogens is 164 g/mol. The van der Waals surface area contributed by atoms with Crippen LogP contribution in [-0.2, 0) is 0 Å². The maximum atomic E-state index is 5.09. The summed E-state index contributed by atoms with van der Waals surface area (Å²) in [5.74, 6) is 1.42. The Labute approximate surface area is 77.3 Å². The Morgan fingerprint density at radius 1 is 1.33 bits per heavy atom. The number of hydrogen-bond donors (Lipinski definition) is 0. The molecule has 0 spiro atoms. The summed E-state index contributed by atoms with van der Waals surface area (Å²) < 4.78 is 5.09. The van der Waals surface area contributed by atoms with Crippen molar-refractivity contribution in [2.75, 3.05) is 0 Å². The molecule has 0 aliphatic carbocycles. The molecule has 1 aromatic carbocycles. The van der Waals surface area contributed by atoms with Gasteiger partial charge in [-0.1, -0.05) is 26.0 Å². The van der Waals surface area contributed by atoms with Gasteiger partial charge in [0.1, 0.15) is 5.75 Å². The van der Waals surface area contributed by atoms with Gasteiger partial charge in [-0.3, -0.25) is 0 Å². The number of rotatable bonds is 2. The van der Waals surface area contributed by atoms with Gasteiger partial charge in [0, 0.05) is 0 Å². The lowest BCUT2D eigenvalue weighted by molar-refractivity contribution is 0.596. The number of hydrogen-bond acceptors (Lipinski definition) is 1. The van der Waals surface area contributed by atoms with Gasteiger partial charge < -0.3 is 4.43 Å². The molecule has 0 aromatic heterocycles. The summed E-state index contributed by atoms with van der Waals surface area (Å²) in [6.07, 6.45) is 0. The molecule has 0 bridgehead atoms. The van der Waals surface area contributed by atoms with Crippen molar-refractivity contribution < 1.29 is 4.43 Å². The van der Waals surface area contributed by atoms with Crippen LogP contribution >= 0.6 is 0 Å². The van der Waals surface area contributed by atoms with Gasteiger partial charge in [0.2, 0.25) is 0 Å². The Morgan fingerprint density at radius 2 is 2.00 bits per heavy atom. The molecule has 0 heterocycles. The molecule has 12 heavy (non-hydrogen) atoms. The summed E-state index contributed by atoms with van der Waals surface area (Å²) in [6, 6.07) is 6.07. The van der Waals surface area contributed by atoms with Crippen molar-refractivity contribution in [3.05, 3.63) is 29.3 Å². The molecule has 0 saturated carbocycles. The van der Waals surface area contributed by atoms with Gasteiger partial charge in [-0.15, -0.1) is 0 Å². The first kappa shape index (κ1) is 9.33. The largest absolute Gasteiger partial charge is 0.540 e. The van der Waals surface area contributed by atoms with E-state index < -0.39 is 0 Å². The molecule has 0 saturated heterocycles. The molecule has 63 valence electrons. The van der Waals surface area contributed by atoms with E-state index in [2.05, 4.69) is 37.3 Å². The topological polar surface area (TPSA) is 9.23 Å². The Morgan fingerprint density at radius 3 is 2.42 bits per heavy atom. The molecule has 2 heteroatoms. The monoisotopic (exact) mass is 177 g/mol. The van der Waals surface area contributed by atoms with Crippen LogP contribution in [0.25, 0.3) is 0 Å². The molecule has 0 amide bonds. The van der Waals surface area contributed by atoms with Crippen LogP contribution < -0.4 is 4.43 Å². The molecule has 1 aromatic rings. The van der Waals surface area contributed by atoms with Crippen molar-refractivity contribution in [3.8, 4) is 5.75 Å². The first-order chi connectivity index (χ1) is 5.66. The maximum Gasteiger partial charge on any atom is 0.341 e. The van der Waals surface area contributed by atoms with E-state index in [0.717, 1.165) is 5.75 Å². The fourth-order valence-corrected chi connectivity index (χ4v) is 1.66. The third-order valence-electron chi connectivity index (χ3n) is 1.97. The van der Waals surface area contributed by atoms with Gasteiger partial charge in [0.15, 0.2) is 0 Å².